The van der Waals surface area contributed by atoms with Crippen molar-refractivity contribution >= 4 is 28.0 Å². The van der Waals surface area contributed by atoms with Crippen LogP contribution in [0.15, 0.2) is 29.2 Å². The molecule has 160 valence electrons. The first-order chi connectivity index (χ1) is 13.7. The molecule has 0 unspecified atom stereocenters. The van der Waals surface area contributed by atoms with E-state index in [9.17, 15) is 27.2 Å². The zero-order valence-electron chi connectivity index (χ0n) is 16.0. The molecule has 1 fully saturated rings. The number of carbonyl (C=O) groups is 3. The number of ether oxygens (including phenoxy) is 2. The minimum atomic E-state index is -3.81. The molecule has 1 N–H and O–H groups in total. The minimum Gasteiger partial charge on any atom is -0.469 e. The number of amides is 2. The van der Waals surface area contributed by atoms with Crippen molar-refractivity contribution in [1.29, 1.82) is 0 Å². The number of nitrogens with one attached hydrogen (secondary N) is 1. The maximum atomic E-state index is 13.0. The summed E-state index contributed by atoms with van der Waals surface area (Å²) in [4.78, 5) is 36.9. The molecule has 0 saturated carbocycles. The van der Waals surface area contributed by atoms with Crippen LogP contribution in [0.4, 0.5) is 9.18 Å². The van der Waals surface area contributed by atoms with Crippen LogP contribution in [0.5, 0.6) is 0 Å². The van der Waals surface area contributed by atoms with Gasteiger partial charge in [-0.05, 0) is 24.3 Å². The van der Waals surface area contributed by atoms with Crippen molar-refractivity contribution < 1.29 is 36.7 Å². The van der Waals surface area contributed by atoms with Gasteiger partial charge in [-0.2, -0.15) is 4.31 Å². The lowest BCUT2D eigenvalue weighted by Crippen LogP contribution is -2.55. The van der Waals surface area contributed by atoms with Crippen molar-refractivity contribution in [2.24, 2.45) is 0 Å². The highest BCUT2D eigenvalue weighted by Gasteiger charge is 2.32. The quantitative estimate of drug-likeness (QED) is 0.627. The summed E-state index contributed by atoms with van der Waals surface area (Å²) >= 11 is 0. The maximum Gasteiger partial charge on any atom is 0.329 e. The third-order valence-corrected chi connectivity index (χ3v) is 6.27. The number of carbonyl (C=O) groups excluding carboxylic acids is 3. The second-order valence-corrected chi connectivity index (χ2v) is 8.09. The van der Waals surface area contributed by atoms with Crippen molar-refractivity contribution in [1.82, 2.24) is 14.5 Å². The molecule has 2 amide bonds. The highest BCUT2D eigenvalue weighted by Crippen LogP contribution is 2.18. The lowest BCUT2D eigenvalue weighted by Gasteiger charge is -2.34. The zero-order valence-corrected chi connectivity index (χ0v) is 16.8. The van der Waals surface area contributed by atoms with E-state index in [0.29, 0.717) is 0 Å². The van der Waals surface area contributed by atoms with E-state index in [0.717, 1.165) is 26.4 Å². The fourth-order valence-electron chi connectivity index (χ4n) is 2.71. The van der Waals surface area contributed by atoms with Gasteiger partial charge in [-0.25, -0.2) is 22.4 Å². The summed E-state index contributed by atoms with van der Waals surface area (Å²) in [5.41, 5.74) is 0. The van der Waals surface area contributed by atoms with Crippen molar-refractivity contribution in [2.45, 2.75) is 17.4 Å². The van der Waals surface area contributed by atoms with Crippen LogP contribution in [-0.2, 0) is 29.1 Å². The topological polar surface area (TPSA) is 122 Å². The van der Waals surface area contributed by atoms with Crippen LogP contribution in [0.1, 0.15) is 6.42 Å². The molecule has 0 radical (unpaired) electrons. The number of hydrogen-bond acceptors (Lipinski definition) is 7. The van der Waals surface area contributed by atoms with Crippen LogP contribution < -0.4 is 5.32 Å². The summed E-state index contributed by atoms with van der Waals surface area (Å²) in [6.07, 6.45) is -0.395. The molecular weight excluding hydrogens is 409 g/mol. The van der Waals surface area contributed by atoms with Gasteiger partial charge >= 0.3 is 18.0 Å². The fraction of sp³-hybridized carbons (Fsp3) is 0.471. The number of rotatable bonds is 6. The number of nitrogens with zero attached hydrogens (tertiary/aromatic N) is 2. The van der Waals surface area contributed by atoms with Crippen LogP contribution in [0, 0.1) is 5.82 Å². The molecule has 0 aliphatic carbocycles. The average Bonchev–Trinajstić information content (AvgIpc) is 2.72. The molecule has 2 rings (SSSR count). The summed E-state index contributed by atoms with van der Waals surface area (Å²) in [6.45, 7) is 0.177. The van der Waals surface area contributed by atoms with E-state index < -0.39 is 46.3 Å². The highest BCUT2D eigenvalue weighted by molar-refractivity contribution is 7.89. The standard InChI is InChI=1S/C17H22FN3O7S/c1-27-15(22)11-14(16(23)28-2)19-17(24)20-7-9-21(10-8-20)29(25,26)13-5-3-12(18)4-6-13/h3-6,14H,7-11H2,1-2H3,(H,19,24)/t14-/m1/s1. The Hall–Kier alpha value is -2.73. The fourth-order valence-corrected chi connectivity index (χ4v) is 4.14. The van der Waals surface area contributed by atoms with Gasteiger partial charge in [-0.15, -0.1) is 0 Å². The summed E-state index contributed by atoms with van der Waals surface area (Å²) in [5, 5.41) is 2.40. The monoisotopic (exact) mass is 431 g/mol. The first-order valence-corrected chi connectivity index (χ1v) is 10.1. The van der Waals surface area contributed by atoms with Gasteiger partial charge in [0.1, 0.15) is 11.9 Å². The molecular formula is C17H22FN3O7S. The SMILES string of the molecule is COC(=O)C[C@@H](NC(=O)N1CCN(S(=O)(=O)c2ccc(F)cc2)CC1)C(=O)OC. The predicted octanol–water partition coefficient (Wildman–Crippen LogP) is -0.0537. The summed E-state index contributed by atoms with van der Waals surface area (Å²) in [7, 11) is -1.54. The Morgan fingerprint density at radius 1 is 1.07 bits per heavy atom. The number of sulfonamides is 1. The molecule has 0 bridgehead atoms. The largest absolute Gasteiger partial charge is 0.469 e. The molecule has 1 aliphatic heterocycles. The van der Waals surface area contributed by atoms with Crippen LogP contribution in [0.25, 0.3) is 0 Å². The van der Waals surface area contributed by atoms with Gasteiger partial charge in [0.05, 0.1) is 25.5 Å². The lowest BCUT2D eigenvalue weighted by atomic mass is 10.2. The van der Waals surface area contributed by atoms with Crippen LogP contribution >= 0.6 is 0 Å². The van der Waals surface area contributed by atoms with Crippen molar-refractivity contribution in [2.75, 3.05) is 40.4 Å². The first kappa shape index (κ1) is 22.6. The molecule has 1 aliphatic rings. The Morgan fingerprint density at radius 3 is 2.17 bits per heavy atom. The normalized spacial score (nSPS) is 16.0. The van der Waals surface area contributed by atoms with E-state index in [1.807, 2.05) is 0 Å². The van der Waals surface area contributed by atoms with Gasteiger partial charge in [0.15, 0.2) is 0 Å². The van der Waals surface area contributed by atoms with Gasteiger partial charge in [-0.1, -0.05) is 0 Å². The van der Waals surface area contributed by atoms with Gasteiger partial charge in [-0.3, -0.25) is 4.79 Å². The molecule has 10 nitrogen and oxygen atoms in total. The third-order valence-electron chi connectivity index (χ3n) is 4.36. The summed E-state index contributed by atoms with van der Waals surface area (Å²) in [6, 6.07) is 2.62. The molecule has 0 spiro atoms. The molecule has 1 aromatic rings. The van der Waals surface area contributed by atoms with Crippen molar-refractivity contribution in [3.8, 4) is 0 Å². The van der Waals surface area contributed by atoms with Gasteiger partial charge < -0.3 is 19.7 Å². The van der Waals surface area contributed by atoms with E-state index in [-0.39, 0.29) is 31.1 Å². The Balaban J connectivity index is 1.98. The molecule has 29 heavy (non-hydrogen) atoms. The van der Waals surface area contributed by atoms with E-state index in [1.165, 1.54) is 21.3 Å². The number of methoxy groups -OCH3 is 2. The predicted molar refractivity (Wildman–Crippen MR) is 97.7 cm³/mol. The average molecular weight is 431 g/mol. The summed E-state index contributed by atoms with van der Waals surface area (Å²) < 4.78 is 48.5. The molecule has 1 saturated heterocycles. The van der Waals surface area contributed by atoms with Crippen LogP contribution in [0.3, 0.4) is 0 Å². The number of esters is 2. The Bertz CT molecular complexity index is 852. The second-order valence-electron chi connectivity index (χ2n) is 6.15. The smallest absolute Gasteiger partial charge is 0.329 e. The number of urea groups is 1. The molecule has 12 heteroatoms. The second kappa shape index (κ2) is 9.65. The van der Waals surface area contributed by atoms with Crippen LogP contribution in [-0.4, -0.2) is 82.0 Å². The Labute approximate surface area is 167 Å². The first-order valence-electron chi connectivity index (χ1n) is 8.65. The van der Waals surface area contributed by atoms with Crippen molar-refractivity contribution in [3.05, 3.63) is 30.1 Å². The minimum absolute atomic E-state index is 0.0209. The van der Waals surface area contributed by atoms with E-state index in [4.69, 9.17) is 0 Å². The van der Waals surface area contributed by atoms with Gasteiger partial charge in [0, 0.05) is 26.2 Å². The molecule has 1 atom stereocenters. The zero-order chi connectivity index (χ0) is 21.6. The Morgan fingerprint density at radius 2 is 1.66 bits per heavy atom. The van der Waals surface area contributed by atoms with Gasteiger partial charge in [0.25, 0.3) is 0 Å². The van der Waals surface area contributed by atoms with Gasteiger partial charge in [0.2, 0.25) is 10.0 Å². The third kappa shape index (κ3) is 5.64. The number of hydrogen-bond donors (Lipinski definition) is 1. The lowest BCUT2D eigenvalue weighted by molar-refractivity contribution is -0.149. The van der Waals surface area contributed by atoms with E-state index in [1.54, 1.807) is 0 Å². The van der Waals surface area contributed by atoms with E-state index >= 15 is 0 Å². The molecule has 0 aromatic heterocycles. The maximum absolute atomic E-state index is 13.0. The molecule has 1 aromatic carbocycles. The number of piperazine rings is 1. The van der Waals surface area contributed by atoms with E-state index in [2.05, 4.69) is 14.8 Å². The Kier molecular flexibility index (Phi) is 7.51. The number of benzene rings is 1. The molecule has 1 heterocycles. The van der Waals surface area contributed by atoms with Crippen LogP contribution in [0.2, 0.25) is 0 Å². The van der Waals surface area contributed by atoms with Crippen molar-refractivity contribution in [3.63, 3.8) is 0 Å². The summed E-state index contributed by atoms with van der Waals surface area (Å²) in [5.74, 6) is -2.05. The highest BCUT2D eigenvalue weighted by atomic mass is 32.2. The number of halogens is 1.